The van der Waals surface area contributed by atoms with E-state index in [1.807, 2.05) is 50.2 Å². The highest BCUT2D eigenvalue weighted by atomic mass is 79.9. The van der Waals surface area contributed by atoms with Crippen LogP contribution < -0.4 is 4.74 Å². The van der Waals surface area contributed by atoms with E-state index in [9.17, 15) is 14.7 Å². The van der Waals surface area contributed by atoms with Gasteiger partial charge in [-0.1, -0.05) is 41.4 Å². The fraction of sp³-hybridized carbons (Fsp3) is 0.385. The topological polar surface area (TPSA) is 70.1 Å². The highest BCUT2D eigenvalue weighted by molar-refractivity contribution is 9.10. The molecule has 7 heteroatoms. The zero-order chi connectivity index (χ0) is 24.1. The van der Waals surface area contributed by atoms with Crippen LogP contribution in [0.1, 0.15) is 42.5 Å². The van der Waals surface area contributed by atoms with Gasteiger partial charge in [0.2, 0.25) is 0 Å². The molecule has 2 aromatic carbocycles. The Balaban J connectivity index is 2.06. The number of aryl methyl sites for hydroxylation is 1. The van der Waals surface area contributed by atoms with Gasteiger partial charge in [0.15, 0.2) is 0 Å². The first-order chi connectivity index (χ1) is 15.7. The fourth-order valence-corrected chi connectivity index (χ4v) is 4.30. The number of amides is 1. The maximum Gasteiger partial charge on any atom is 0.295 e. The van der Waals surface area contributed by atoms with Crippen LogP contribution in [0.4, 0.5) is 0 Å². The summed E-state index contributed by atoms with van der Waals surface area (Å²) < 4.78 is 6.65. The Morgan fingerprint density at radius 2 is 1.94 bits per heavy atom. The third-order valence-corrected chi connectivity index (χ3v) is 6.19. The zero-order valence-corrected chi connectivity index (χ0v) is 21.2. The van der Waals surface area contributed by atoms with Crippen molar-refractivity contribution in [1.82, 2.24) is 9.80 Å². The normalized spacial score (nSPS) is 17.8. The van der Waals surface area contributed by atoms with Crippen molar-refractivity contribution in [3.8, 4) is 5.75 Å². The smallest absolute Gasteiger partial charge is 0.295 e. The second-order valence-corrected chi connectivity index (χ2v) is 9.45. The molecule has 6 nitrogen and oxygen atoms in total. The van der Waals surface area contributed by atoms with Crippen molar-refractivity contribution in [1.29, 1.82) is 0 Å². The molecule has 2 aromatic rings. The number of aliphatic hydroxyl groups excluding tert-OH is 1. The van der Waals surface area contributed by atoms with Gasteiger partial charge in [-0.05, 0) is 68.9 Å². The quantitative estimate of drug-likeness (QED) is 0.222. The predicted octanol–water partition coefficient (Wildman–Crippen LogP) is 4.92. The number of aliphatic hydroxyl groups is 1. The van der Waals surface area contributed by atoms with E-state index in [-0.39, 0.29) is 11.3 Å². The van der Waals surface area contributed by atoms with Crippen LogP contribution in [0.3, 0.4) is 0 Å². The molecule has 3 rings (SSSR count). The fourth-order valence-electron chi connectivity index (χ4n) is 3.88. The van der Waals surface area contributed by atoms with E-state index in [0.29, 0.717) is 25.3 Å². The molecule has 0 aromatic heterocycles. The largest absolute Gasteiger partial charge is 0.507 e. The summed E-state index contributed by atoms with van der Waals surface area (Å²) in [6.45, 7) is 5.60. The van der Waals surface area contributed by atoms with E-state index in [1.165, 1.54) is 0 Å². The summed E-state index contributed by atoms with van der Waals surface area (Å²) >= 11 is 3.48. The number of carbonyl (C=O) groups excluding carboxylic acids is 2. The van der Waals surface area contributed by atoms with Crippen molar-refractivity contribution in [3.63, 3.8) is 0 Å². The summed E-state index contributed by atoms with van der Waals surface area (Å²) in [6, 6.07) is 12.2. The van der Waals surface area contributed by atoms with Gasteiger partial charge in [0.05, 0.1) is 18.2 Å². The Labute approximate surface area is 204 Å². The van der Waals surface area contributed by atoms with Gasteiger partial charge < -0.3 is 19.6 Å². The minimum absolute atomic E-state index is 0.107. The van der Waals surface area contributed by atoms with Crippen molar-refractivity contribution in [2.45, 2.75) is 32.7 Å². The summed E-state index contributed by atoms with van der Waals surface area (Å²) in [5, 5.41) is 11.3. The number of rotatable bonds is 9. The first-order valence-corrected chi connectivity index (χ1v) is 12.0. The number of Topliss-reactive ketones (excluding diaryl/α,β-unsaturated/α-hetero) is 1. The second kappa shape index (κ2) is 11.0. The highest BCUT2D eigenvalue weighted by Crippen LogP contribution is 2.40. The number of halogens is 1. The lowest BCUT2D eigenvalue weighted by molar-refractivity contribution is -0.140. The molecule has 0 saturated carbocycles. The van der Waals surface area contributed by atoms with Crippen molar-refractivity contribution in [3.05, 3.63) is 69.2 Å². The van der Waals surface area contributed by atoms with Gasteiger partial charge in [-0.3, -0.25) is 9.59 Å². The molecule has 0 spiro atoms. The van der Waals surface area contributed by atoms with Gasteiger partial charge in [-0.2, -0.15) is 0 Å². The zero-order valence-electron chi connectivity index (χ0n) is 19.6. The average Bonchev–Trinajstić information content (AvgIpc) is 3.03. The molecule has 0 bridgehead atoms. The van der Waals surface area contributed by atoms with Crippen molar-refractivity contribution >= 4 is 33.4 Å². The average molecular weight is 515 g/mol. The molecule has 1 amide bonds. The third-order valence-electron chi connectivity index (χ3n) is 5.70. The van der Waals surface area contributed by atoms with E-state index in [2.05, 4.69) is 22.9 Å². The van der Waals surface area contributed by atoms with Gasteiger partial charge in [0.1, 0.15) is 11.5 Å². The maximum absolute atomic E-state index is 13.1. The number of unbranched alkanes of at least 4 members (excludes halogenated alkanes) is 1. The van der Waals surface area contributed by atoms with Crippen LogP contribution in [0.5, 0.6) is 5.75 Å². The van der Waals surface area contributed by atoms with Crippen LogP contribution in [-0.2, 0) is 9.59 Å². The SMILES string of the molecule is CCCCOc1ccc(/C(O)=C2\C(=O)C(=O)N(CCN(C)C)[C@H]2c2cccc(Br)c2)cc1C. The standard InChI is InChI=1S/C26H31BrN2O4/c1-5-6-14-33-21-11-10-19(15-17(21)2)24(30)22-23(18-8-7-9-20(27)16-18)29(13-12-28(3)4)26(32)25(22)31/h7-11,15-16,23,30H,5-6,12-14H2,1-4H3/b24-22+/t23-/m0/s1. The van der Waals surface area contributed by atoms with E-state index in [4.69, 9.17) is 4.74 Å². The number of benzene rings is 2. The summed E-state index contributed by atoms with van der Waals surface area (Å²) in [6.07, 6.45) is 2.01. The number of nitrogens with zero attached hydrogens (tertiary/aromatic N) is 2. The molecule has 33 heavy (non-hydrogen) atoms. The van der Waals surface area contributed by atoms with Gasteiger partial charge >= 0.3 is 0 Å². The van der Waals surface area contributed by atoms with Crippen molar-refractivity contribution in [2.24, 2.45) is 0 Å². The number of carbonyl (C=O) groups is 2. The van der Waals surface area contributed by atoms with Crippen LogP contribution in [0, 0.1) is 6.92 Å². The molecule has 1 atom stereocenters. The molecule has 0 unspecified atom stereocenters. The molecule has 0 radical (unpaired) electrons. The number of likely N-dealkylation sites (N-methyl/N-ethyl adjacent to an activating group) is 1. The lowest BCUT2D eigenvalue weighted by Gasteiger charge is -2.26. The molecule has 1 aliphatic heterocycles. The number of hydrogen-bond donors (Lipinski definition) is 1. The Kier molecular flexibility index (Phi) is 8.32. The minimum Gasteiger partial charge on any atom is -0.507 e. The van der Waals surface area contributed by atoms with Crippen LogP contribution in [0.15, 0.2) is 52.5 Å². The Morgan fingerprint density at radius 3 is 2.58 bits per heavy atom. The Bertz CT molecular complexity index is 1060. The first kappa shape index (κ1) is 25.0. The Morgan fingerprint density at radius 1 is 1.18 bits per heavy atom. The number of ether oxygens (including phenoxy) is 1. The van der Waals surface area contributed by atoms with Crippen molar-refractivity contribution in [2.75, 3.05) is 33.8 Å². The molecule has 1 N–H and O–H groups in total. The van der Waals surface area contributed by atoms with E-state index in [0.717, 1.165) is 34.2 Å². The maximum atomic E-state index is 13.1. The van der Waals surface area contributed by atoms with Gasteiger partial charge in [-0.15, -0.1) is 0 Å². The van der Waals surface area contributed by atoms with E-state index >= 15 is 0 Å². The number of hydrogen-bond acceptors (Lipinski definition) is 5. The number of likely N-dealkylation sites (tertiary alicyclic amines) is 1. The monoisotopic (exact) mass is 514 g/mol. The molecule has 1 aliphatic rings. The molecular formula is C26H31BrN2O4. The first-order valence-electron chi connectivity index (χ1n) is 11.2. The Hall–Kier alpha value is -2.64. The lowest BCUT2D eigenvalue weighted by atomic mass is 9.95. The molecular weight excluding hydrogens is 484 g/mol. The van der Waals surface area contributed by atoms with Crippen LogP contribution in [0.25, 0.3) is 5.76 Å². The minimum atomic E-state index is -0.669. The summed E-state index contributed by atoms with van der Waals surface area (Å²) in [7, 11) is 3.83. The highest BCUT2D eigenvalue weighted by Gasteiger charge is 2.45. The lowest BCUT2D eigenvalue weighted by Crippen LogP contribution is -2.35. The van der Waals surface area contributed by atoms with E-state index in [1.54, 1.807) is 23.1 Å². The van der Waals surface area contributed by atoms with Crippen LogP contribution in [0.2, 0.25) is 0 Å². The predicted molar refractivity (Wildman–Crippen MR) is 133 cm³/mol. The summed E-state index contributed by atoms with van der Waals surface area (Å²) in [5.74, 6) is -0.694. The molecule has 176 valence electrons. The summed E-state index contributed by atoms with van der Waals surface area (Å²) in [5.41, 5.74) is 2.22. The summed E-state index contributed by atoms with van der Waals surface area (Å²) in [4.78, 5) is 29.6. The van der Waals surface area contributed by atoms with Crippen molar-refractivity contribution < 1.29 is 19.4 Å². The molecule has 0 aliphatic carbocycles. The second-order valence-electron chi connectivity index (χ2n) is 8.53. The third kappa shape index (κ3) is 5.65. The van der Waals surface area contributed by atoms with Gasteiger partial charge in [-0.25, -0.2) is 0 Å². The van der Waals surface area contributed by atoms with Crippen LogP contribution >= 0.6 is 15.9 Å². The number of ketones is 1. The van der Waals surface area contributed by atoms with E-state index < -0.39 is 17.7 Å². The van der Waals surface area contributed by atoms with Gasteiger partial charge in [0.25, 0.3) is 11.7 Å². The molecule has 1 saturated heterocycles. The van der Waals surface area contributed by atoms with Crippen LogP contribution in [-0.4, -0.2) is 60.4 Å². The molecule has 1 heterocycles. The molecule has 1 fully saturated rings. The van der Waals surface area contributed by atoms with Gasteiger partial charge in [0, 0.05) is 23.1 Å².